The summed E-state index contributed by atoms with van der Waals surface area (Å²) >= 11 is 0. The Morgan fingerprint density at radius 1 is 1.46 bits per heavy atom. The van der Waals surface area contributed by atoms with E-state index in [9.17, 15) is 4.57 Å². The lowest BCUT2D eigenvalue weighted by Gasteiger charge is -2.20. The number of nitrogens with two attached hydrogens (primary N) is 1. The molecule has 0 radical (unpaired) electrons. The summed E-state index contributed by atoms with van der Waals surface area (Å²) in [7, 11) is -3.90. The molecule has 0 heterocycles. The molecule has 80 valence electrons. The van der Waals surface area contributed by atoms with Crippen LogP contribution in [0.15, 0.2) is 0 Å². The Morgan fingerprint density at radius 2 is 2.00 bits per heavy atom. The Labute approximate surface area is 79.7 Å². The van der Waals surface area contributed by atoms with Crippen LogP contribution in [0.3, 0.4) is 0 Å². The first kappa shape index (κ1) is 13.1. The molecule has 0 rings (SSSR count). The van der Waals surface area contributed by atoms with E-state index in [0.29, 0.717) is 0 Å². The van der Waals surface area contributed by atoms with Crippen molar-refractivity contribution in [1.29, 1.82) is 0 Å². The van der Waals surface area contributed by atoms with Crippen molar-refractivity contribution in [3.05, 3.63) is 0 Å². The van der Waals surface area contributed by atoms with Gasteiger partial charge in [0.25, 0.3) is 0 Å². The van der Waals surface area contributed by atoms with Gasteiger partial charge in [-0.05, 0) is 19.3 Å². The normalized spacial score (nSPS) is 17.0. The molecule has 0 aromatic rings. The highest BCUT2D eigenvalue weighted by Gasteiger charge is 2.23. The van der Waals surface area contributed by atoms with E-state index in [1.165, 1.54) is 0 Å². The maximum atomic E-state index is 10.7. The fourth-order valence-corrected chi connectivity index (χ4v) is 2.42. The summed E-state index contributed by atoms with van der Waals surface area (Å²) in [6, 6.07) is -0.140. The van der Waals surface area contributed by atoms with E-state index in [2.05, 4.69) is 6.92 Å². The molecule has 4 nitrogen and oxygen atoms in total. The molecule has 0 aliphatic heterocycles. The van der Waals surface area contributed by atoms with Gasteiger partial charge < -0.3 is 15.5 Å². The maximum Gasteiger partial charge on any atom is 0.325 e. The first-order chi connectivity index (χ1) is 5.87. The molecular weight excluding hydrogens is 189 g/mol. The Balaban J connectivity index is 4.03. The number of rotatable bonds is 6. The zero-order chi connectivity index (χ0) is 10.5. The molecule has 0 bridgehead atoms. The lowest BCUT2D eigenvalue weighted by Crippen LogP contribution is -2.29. The van der Waals surface area contributed by atoms with Crippen molar-refractivity contribution in [2.45, 2.75) is 39.2 Å². The van der Waals surface area contributed by atoms with Crippen LogP contribution in [-0.4, -0.2) is 22.0 Å². The van der Waals surface area contributed by atoms with E-state index in [4.69, 9.17) is 15.5 Å². The summed E-state index contributed by atoms with van der Waals surface area (Å²) in [5, 5.41) is 0. The minimum atomic E-state index is -3.90. The topological polar surface area (TPSA) is 83.5 Å². The van der Waals surface area contributed by atoms with Gasteiger partial charge in [-0.2, -0.15) is 0 Å². The predicted molar refractivity (Wildman–Crippen MR) is 53.6 cm³/mol. The van der Waals surface area contributed by atoms with Crippen molar-refractivity contribution < 1.29 is 14.4 Å². The van der Waals surface area contributed by atoms with Gasteiger partial charge in [0.2, 0.25) is 0 Å². The number of unbranched alkanes of at least 4 members (excludes halogenated alkanes) is 1. The zero-order valence-corrected chi connectivity index (χ0v) is 9.20. The van der Waals surface area contributed by atoms with Crippen LogP contribution in [0.1, 0.15) is 33.1 Å². The van der Waals surface area contributed by atoms with Gasteiger partial charge in [-0.3, -0.25) is 4.57 Å². The summed E-state index contributed by atoms with van der Waals surface area (Å²) in [4.78, 5) is 17.6. The van der Waals surface area contributed by atoms with Gasteiger partial charge in [0.15, 0.2) is 0 Å². The van der Waals surface area contributed by atoms with Crippen molar-refractivity contribution in [2.24, 2.45) is 11.7 Å². The third kappa shape index (κ3) is 7.20. The van der Waals surface area contributed by atoms with Crippen LogP contribution < -0.4 is 5.73 Å². The van der Waals surface area contributed by atoms with Gasteiger partial charge in [-0.15, -0.1) is 0 Å². The first-order valence-corrected chi connectivity index (χ1v) is 6.46. The van der Waals surface area contributed by atoms with Crippen molar-refractivity contribution >= 4 is 7.60 Å². The second-order valence-corrected chi connectivity index (χ2v) is 5.30. The summed E-state index contributed by atoms with van der Waals surface area (Å²) < 4.78 is 10.7. The van der Waals surface area contributed by atoms with Crippen LogP contribution in [0.25, 0.3) is 0 Å². The van der Waals surface area contributed by atoms with E-state index in [-0.39, 0.29) is 18.1 Å². The second-order valence-electron chi connectivity index (χ2n) is 3.61. The summed E-state index contributed by atoms with van der Waals surface area (Å²) in [6.07, 6.45) is 2.74. The minimum absolute atomic E-state index is 0.0548. The molecule has 2 atom stereocenters. The molecule has 2 unspecified atom stereocenters. The fraction of sp³-hybridized carbons (Fsp3) is 1.00. The van der Waals surface area contributed by atoms with Crippen molar-refractivity contribution in [3.8, 4) is 0 Å². The van der Waals surface area contributed by atoms with Crippen molar-refractivity contribution in [3.63, 3.8) is 0 Å². The quantitative estimate of drug-likeness (QED) is 0.576. The smallest absolute Gasteiger partial charge is 0.325 e. The zero-order valence-electron chi connectivity index (χ0n) is 8.31. The van der Waals surface area contributed by atoms with Crippen LogP contribution in [0.5, 0.6) is 0 Å². The average molecular weight is 209 g/mol. The lowest BCUT2D eigenvalue weighted by molar-refractivity contribution is 0.344. The van der Waals surface area contributed by atoms with E-state index < -0.39 is 7.60 Å². The third-order valence-electron chi connectivity index (χ3n) is 2.14. The molecule has 4 N–H and O–H groups in total. The Kier molecular flexibility index (Phi) is 5.81. The van der Waals surface area contributed by atoms with E-state index in [0.717, 1.165) is 19.3 Å². The van der Waals surface area contributed by atoms with Crippen LogP contribution >= 0.6 is 7.60 Å². The standard InChI is InChI=1S/C8H20NO3P/c1-3-4-5-8(7(2)9)6-13(10,11)12/h7-8H,3-6,9H2,1-2H3,(H2,10,11,12). The highest BCUT2D eigenvalue weighted by atomic mass is 31.2. The molecule has 13 heavy (non-hydrogen) atoms. The Morgan fingerprint density at radius 3 is 2.31 bits per heavy atom. The van der Waals surface area contributed by atoms with Gasteiger partial charge >= 0.3 is 7.60 Å². The van der Waals surface area contributed by atoms with Gasteiger partial charge in [0, 0.05) is 6.04 Å². The van der Waals surface area contributed by atoms with Crippen molar-refractivity contribution in [1.82, 2.24) is 0 Å². The van der Waals surface area contributed by atoms with Crippen LogP contribution in [0.4, 0.5) is 0 Å². The van der Waals surface area contributed by atoms with Gasteiger partial charge in [0.05, 0.1) is 6.16 Å². The first-order valence-electron chi connectivity index (χ1n) is 4.67. The molecule has 0 spiro atoms. The molecule has 0 saturated heterocycles. The van der Waals surface area contributed by atoms with Gasteiger partial charge in [-0.1, -0.05) is 19.8 Å². The number of hydrogen-bond donors (Lipinski definition) is 3. The molecule has 0 fully saturated rings. The number of hydrogen-bond acceptors (Lipinski definition) is 2. The second kappa shape index (κ2) is 5.76. The Bertz CT molecular complexity index is 178. The molecule has 0 aromatic heterocycles. The van der Waals surface area contributed by atoms with E-state index in [1.54, 1.807) is 6.92 Å². The van der Waals surface area contributed by atoms with Crippen molar-refractivity contribution in [2.75, 3.05) is 6.16 Å². The fourth-order valence-electron chi connectivity index (χ4n) is 1.29. The van der Waals surface area contributed by atoms with Gasteiger partial charge in [-0.25, -0.2) is 0 Å². The monoisotopic (exact) mass is 209 g/mol. The Hall–Kier alpha value is 0.110. The maximum absolute atomic E-state index is 10.7. The van der Waals surface area contributed by atoms with Crippen LogP contribution in [-0.2, 0) is 4.57 Å². The molecule has 0 aromatic carbocycles. The lowest BCUT2D eigenvalue weighted by atomic mass is 9.98. The summed E-state index contributed by atoms with van der Waals surface area (Å²) in [5.41, 5.74) is 5.64. The molecule has 5 heteroatoms. The highest BCUT2D eigenvalue weighted by Crippen LogP contribution is 2.38. The predicted octanol–water partition coefficient (Wildman–Crippen LogP) is 1.32. The van der Waals surface area contributed by atoms with E-state index in [1.807, 2.05) is 0 Å². The van der Waals surface area contributed by atoms with E-state index >= 15 is 0 Å². The molecule has 0 saturated carbocycles. The summed E-state index contributed by atoms with van der Waals surface area (Å²) in [5.74, 6) is -0.0548. The molecule has 0 amide bonds. The minimum Gasteiger partial charge on any atom is -0.328 e. The van der Waals surface area contributed by atoms with Crippen LogP contribution in [0.2, 0.25) is 0 Å². The van der Waals surface area contributed by atoms with Gasteiger partial charge in [0.1, 0.15) is 0 Å². The third-order valence-corrected chi connectivity index (χ3v) is 3.09. The molecule has 0 aliphatic carbocycles. The highest BCUT2D eigenvalue weighted by molar-refractivity contribution is 7.51. The molecule has 0 aliphatic rings. The van der Waals surface area contributed by atoms with Crippen LogP contribution in [0, 0.1) is 5.92 Å². The average Bonchev–Trinajstić information content (AvgIpc) is 1.95. The molecular formula is C8H20NO3P. The SMILES string of the molecule is CCCCC(CP(=O)(O)O)C(C)N. The largest absolute Gasteiger partial charge is 0.328 e. The summed E-state index contributed by atoms with van der Waals surface area (Å²) in [6.45, 7) is 3.85.